The first-order valence-electron chi connectivity index (χ1n) is 5.24. The molecule has 1 saturated carbocycles. The maximum Gasteiger partial charge on any atom is 0.0619 e. The third-order valence-corrected chi connectivity index (χ3v) is 3.18. The van der Waals surface area contributed by atoms with Crippen molar-refractivity contribution in [2.75, 3.05) is 26.4 Å². The van der Waals surface area contributed by atoms with Gasteiger partial charge in [-0.1, -0.05) is 0 Å². The minimum Gasteiger partial charge on any atom is -0.381 e. The van der Waals surface area contributed by atoms with Crippen LogP contribution in [0.4, 0.5) is 0 Å². The lowest BCUT2D eigenvalue weighted by Gasteiger charge is -2.24. The Labute approximate surface area is 79.6 Å². The lowest BCUT2D eigenvalue weighted by atomic mass is 10.1. The van der Waals surface area contributed by atoms with Gasteiger partial charge in [0.15, 0.2) is 0 Å². The van der Waals surface area contributed by atoms with Crippen LogP contribution in [0, 0.1) is 5.41 Å². The summed E-state index contributed by atoms with van der Waals surface area (Å²) in [6.07, 6.45) is 5.05. The molecule has 0 spiro atoms. The third kappa shape index (κ3) is 2.42. The summed E-state index contributed by atoms with van der Waals surface area (Å²) in [6, 6.07) is 0. The fourth-order valence-corrected chi connectivity index (χ4v) is 1.72. The molecular weight excluding hydrogens is 166 g/mol. The van der Waals surface area contributed by atoms with E-state index in [2.05, 4.69) is 0 Å². The maximum atomic E-state index is 5.84. The molecule has 2 fully saturated rings. The zero-order valence-electron chi connectivity index (χ0n) is 8.13. The Morgan fingerprint density at radius 2 is 2.00 bits per heavy atom. The highest BCUT2D eigenvalue weighted by molar-refractivity contribution is 4.94. The van der Waals surface area contributed by atoms with Crippen LogP contribution in [0.25, 0.3) is 0 Å². The second-order valence-corrected chi connectivity index (χ2v) is 4.33. The number of hydrogen-bond donors (Lipinski definition) is 1. The second-order valence-electron chi connectivity index (χ2n) is 4.33. The van der Waals surface area contributed by atoms with Crippen molar-refractivity contribution in [3.8, 4) is 0 Å². The smallest absolute Gasteiger partial charge is 0.0619 e. The first kappa shape index (κ1) is 9.44. The predicted molar refractivity (Wildman–Crippen MR) is 50.5 cm³/mol. The predicted octanol–water partition coefficient (Wildman–Crippen LogP) is 0.921. The van der Waals surface area contributed by atoms with E-state index in [4.69, 9.17) is 15.2 Å². The third-order valence-electron chi connectivity index (χ3n) is 3.18. The normalized spacial score (nSPS) is 27.5. The summed E-state index contributed by atoms with van der Waals surface area (Å²) in [5.41, 5.74) is 6.04. The maximum absolute atomic E-state index is 5.84. The summed E-state index contributed by atoms with van der Waals surface area (Å²) in [5, 5.41) is 0. The van der Waals surface area contributed by atoms with Gasteiger partial charge in [0.2, 0.25) is 0 Å². The summed E-state index contributed by atoms with van der Waals surface area (Å²) in [4.78, 5) is 0. The van der Waals surface area contributed by atoms with E-state index in [0.29, 0.717) is 11.5 Å². The molecule has 0 radical (unpaired) electrons. The molecule has 76 valence electrons. The molecule has 0 aromatic rings. The molecule has 0 aromatic heterocycles. The highest BCUT2D eigenvalue weighted by atomic mass is 16.5. The molecule has 1 aliphatic heterocycles. The van der Waals surface area contributed by atoms with Crippen molar-refractivity contribution < 1.29 is 9.47 Å². The molecule has 3 heteroatoms. The van der Waals surface area contributed by atoms with Crippen molar-refractivity contribution in [3.05, 3.63) is 0 Å². The van der Waals surface area contributed by atoms with Gasteiger partial charge in [0.05, 0.1) is 12.7 Å². The zero-order chi connectivity index (χ0) is 9.15. The topological polar surface area (TPSA) is 44.5 Å². The molecular formula is C10H19NO2. The van der Waals surface area contributed by atoms with Crippen LogP contribution >= 0.6 is 0 Å². The molecule has 0 aromatic carbocycles. The van der Waals surface area contributed by atoms with Gasteiger partial charge in [0.25, 0.3) is 0 Å². The van der Waals surface area contributed by atoms with Crippen molar-refractivity contribution in [2.24, 2.45) is 11.1 Å². The summed E-state index contributed by atoms with van der Waals surface area (Å²) in [6.45, 7) is 3.38. The summed E-state index contributed by atoms with van der Waals surface area (Å²) in [7, 11) is 0. The average Bonchev–Trinajstić information content (AvgIpc) is 2.97. The van der Waals surface area contributed by atoms with Gasteiger partial charge in [-0.15, -0.1) is 0 Å². The minimum absolute atomic E-state index is 0.359. The Bertz CT molecular complexity index is 162. The van der Waals surface area contributed by atoms with Gasteiger partial charge < -0.3 is 15.2 Å². The average molecular weight is 185 g/mol. The molecule has 1 saturated heterocycles. The van der Waals surface area contributed by atoms with Gasteiger partial charge in [-0.3, -0.25) is 0 Å². The Kier molecular flexibility index (Phi) is 2.86. The van der Waals surface area contributed by atoms with Gasteiger partial charge >= 0.3 is 0 Å². The summed E-state index contributed by atoms with van der Waals surface area (Å²) >= 11 is 0. The van der Waals surface area contributed by atoms with E-state index in [-0.39, 0.29) is 0 Å². The Balaban J connectivity index is 1.66. The highest BCUT2D eigenvalue weighted by Gasteiger charge is 2.41. The largest absolute Gasteiger partial charge is 0.381 e. The molecule has 2 rings (SSSR count). The number of hydrogen-bond acceptors (Lipinski definition) is 3. The van der Waals surface area contributed by atoms with E-state index in [9.17, 15) is 0 Å². The monoisotopic (exact) mass is 185 g/mol. The lowest BCUT2D eigenvalue weighted by molar-refractivity contribution is -0.0452. The molecule has 1 heterocycles. The molecule has 0 unspecified atom stereocenters. The Hall–Kier alpha value is -0.120. The van der Waals surface area contributed by atoms with Gasteiger partial charge in [0, 0.05) is 25.2 Å². The Morgan fingerprint density at radius 3 is 2.54 bits per heavy atom. The molecule has 2 N–H and O–H groups in total. The molecule has 2 aliphatic rings. The zero-order valence-corrected chi connectivity index (χ0v) is 8.13. The number of ether oxygens (including phenoxy) is 2. The van der Waals surface area contributed by atoms with E-state index < -0.39 is 0 Å². The van der Waals surface area contributed by atoms with Crippen LogP contribution in [0.5, 0.6) is 0 Å². The van der Waals surface area contributed by atoms with Gasteiger partial charge in [-0.2, -0.15) is 0 Å². The van der Waals surface area contributed by atoms with Gasteiger partial charge in [-0.05, 0) is 25.7 Å². The van der Waals surface area contributed by atoms with Crippen molar-refractivity contribution in [1.29, 1.82) is 0 Å². The van der Waals surface area contributed by atoms with Crippen LogP contribution in [0.3, 0.4) is 0 Å². The first-order chi connectivity index (χ1) is 6.35. The van der Waals surface area contributed by atoms with E-state index in [0.717, 1.165) is 39.2 Å². The van der Waals surface area contributed by atoms with E-state index >= 15 is 0 Å². The summed E-state index contributed by atoms with van der Waals surface area (Å²) in [5.74, 6) is 0. The fourth-order valence-electron chi connectivity index (χ4n) is 1.72. The van der Waals surface area contributed by atoms with Crippen LogP contribution in [0.2, 0.25) is 0 Å². The van der Waals surface area contributed by atoms with Crippen LogP contribution in [0.1, 0.15) is 25.7 Å². The van der Waals surface area contributed by atoms with Gasteiger partial charge in [-0.25, -0.2) is 0 Å². The number of nitrogens with two attached hydrogens (primary N) is 1. The molecule has 3 nitrogen and oxygen atoms in total. The minimum atomic E-state index is 0.359. The molecule has 13 heavy (non-hydrogen) atoms. The van der Waals surface area contributed by atoms with Crippen LogP contribution in [0.15, 0.2) is 0 Å². The van der Waals surface area contributed by atoms with Crippen molar-refractivity contribution in [1.82, 2.24) is 0 Å². The highest BCUT2D eigenvalue weighted by Crippen LogP contribution is 2.45. The van der Waals surface area contributed by atoms with Crippen LogP contribution < -0.4 is 5.73 Å². The fraction of sp³-hybridized carbons (Fsp3) is 1.00. The van der Waals surface area contributed by atoms with Crippen LogP contribution in [-0.2, 0) is 9.47 Å². The van der Waals surface area contributed by atoms with E-state index in [1.165, 1.54) is 12.8 Å². The second kappa shape index (κ2) is 3.95. The molecule has 0 amide bonds. The van der Waals surface area contributed by atoms with Gasteiger partial charge in [0.1, 0.15) is 0 Å². The standard InChI is InChI=1S/C10H19NO2/c11-7-10(3-4-10)8-13-9-1-5-12-6-2-9/h9H,1-8,11H2. The number of rotatable bonds is 4. The van der Waals surface area contributed by atoms with E-state index in [1.54, 1.807) is 0 Å². The molecule has 1 aliphatic carbocycles. The summed E-state index contributed by atoms with van der Waals surface area (Å²) < 4.78 is 11.1. The van der Waals surface area contributed by atoms with Crippen molar-refractivity contribution >= 4 is 0 Å². The molecule has 0 bridgehead atoms. The lowest BCUT2D eigenvalue weighted by Crippen LogP contribution is -2.28. The van der Waals surface area contributed by atoms with E-state index in [1.807, 2.05) is 0 Å². The van der Waals surface area contributed by atoms with Crippen molar-refractivity contribution in [2.45, 2.75) is 31.8 Å². The first-order valence-corrected chi connectivity index (χ1v) is 5.24. The molecule has 0 atom stereocenters. The van der Waals surface area contributed by atoms with Crippen molar-refractivity contribution in [3.63, 3.8) is 0 Å². The quantitative estimate of drug-likeness (QED) is 0.708. The Morgan fingerprint density at radius 1 is 1.31 bits per heavy atom. The van der Waals surface area contributed by atoms with Crippen LogP contribution in [-0.4, -0.2) is 32.5 Å². The SMILES string of the molecule is NCC1(COC2CCOCC2)CC1.